The SMILES string of the molecule is NCCCCC1NC(=O)C(Cc2ccc(O)cc2)NC(=O)[C@H](CC(=O)O)NC(=O)CNC(=O)C(CCCN=C(N)N)NC1=O. The summed E-state index contributed by atoms with van der Waals surface area (Å²) >= 11 is 0. The van der Waals surface area contributed by atoms with Gasteiger partial charge in [-0.05, 0) is 56.3 Å². The molecule has 0 radical (unpaired) electrons. The molecule has 1 saturated heterocycles. The lowest BCUT2D eigenvalue weighted by molar-refractivity contribution is -0.141. The number of carboxylic acids is 1. The number of amides is 5. The molecule has 1 fully saturated rings. The van der Waals surface area contributed by atoms with Crippen LogP contribution in [0.1, 0.15) is 44.1 Å². The van der Waals surface area contributed by atoms with Crippen LogP contribution in [-0.4, -0.2) is 95.5 Å². The van der Waals surface area contributed by atoms with Crippen LogP contribution in [0.15, 0.2) is 29.3 Å². The molecule has 1 aliphatic rings. The van der Waals surface area contributed by atoms with E-state index in [-0.39, 0.29) is 43.9 Å². The van der Waals surface area contributed by atoms with Crippen LogP contribution in [0.4, 0.5) is 0 Å². The van der Waals surface area contributed by atoms with Gasteiger partial charge in [-0.3, -0.25) is 33.8 Å². The van der Waals surface area contributed by atoms with Gasteiger partial charge in [0.2, 0.25) is 29.5 Å². The van der Waals surface area contributed by atoms with Gasteiger partial charge >= 0.3 is 5.97 Å². The third-order valence-electron chi connectivity index (χ3n) is 6.62. The van der Waals surface area contributed by atoms with Gasteiger partial charge in [-0.2, -0.15) is 0 Å². The van der Waals surface area contributed by atoms with Gasteiger partial charge in [0.15, 0.2) is 5.96 Å². The second-order valence-corrected chi connectivity index (χ2v) is 10.2. The molecule has 0 bridgehead atoms. The van der Waals surface area contributed by atoms with Gasteiger partial charge in [-0.25, -0.2) is 0 Å². The molecule has 5 amide bonds. The molecule has 1 aliphatic heterocycles. The van der Waals surface area contributed by atoms with Crippen LogP contribution < -0.4 is 43.8 Å². The smallest absolute Gasteiger partial charge is 0.305 e. The number of nitrogens with one attached hydrogen (secondary N) is 5. The normalized spacial score (nSPS) is 21.8. The Labute approximate surface area is 253 Å². The van der Waals surface area contributed by atoms with Crippen molar-refractivity contribution in [2.24, 2.45) is 22.2 Å². The molecule has 0 aromatic heterocycles. The van der Waals surface area contributed by atoms with Crippen LogP contribution in [0.25, 0.3) is 0 Å². The zero-order valence-corrected chi connectivity index (χ0v) is 24.2. The minimum absolute atomic E-state index is 0.0267. The molecule has 3 unspecified atom stereocenters. The monoisotopic (exact) mass is 619 g/mol. The van der Waals surface area contributed by atoms with E-state index in [1.54, 1.807) is 0 Å². The van der Waals surface area contributed by atoms with Crippen molar-refractivity contribution in [3.8, 4) is 5.75 Å². The Bertz CT molecular complexity index is 1200. The highest BCUT2D eigenvalue weighted by molar-refractivity contribution is 5.98. The Balaban J connectivity index is 2.45. The minimum Gasteiger partial charge on any atom is -0.508 e. The average molecular weight is 620 g/mol. The quantitative estimate of drug-likeness (QED) is 0.0626. The van der Waals surface area contributed by atoms with E-state index in [0.717, 1.165) is 0 Å². The van der Waals surface area contributed by atoms with Crippen LogP contribution in [0.5, 0.6) is 5.75 Å². The van der Waals surface area contributed by atoms with E-state index in [1.807, 2.05) is 0 Å². The number of hydrogen-bond acceptors (Lipinski definition) is 9. The van der Waals surface area contributed by atoms with Crippen molar-refractivity contribution in [2.75, 3.05) is 19.6 Å². The van der Waals surface area contributed by atoms with E-state index in [2.05, 4.69) is 31.6 Å². The number of hydrogen-bond donors (Lipinski definition) is 10. The predicted molar refractivity (Wildman–Crippen MR) is 158 cm³/mol. The first kappa shape index (κ1) is 35.3. The molecule has 1 aromatic rings. The number of carbonyl (C=O) groups excluding carboxylic acids is 5. The number of unbranched alkanes of at least 4 members (excludes halogenated alkanes) is 1. The first-order valence-electron chi connectivity index (χ1n) is 14.1. The summed E-state index contributed by atoms with van der Waals surface area (Å²) in [7, 11) is 0. The van der Waals surface area contributed by atoms with Crippen LogP contribution in [0.3, 0.4) is 0 Å². The lowest BCUT2D eigenvalue weighted by atomic mass is 10.0. The van der Waals surface area contributed by atoms with Crippen molar-refractivity contribution >= 4 is 41.5 Å². The summed E-state index contributed by atoms with van der Waals surface area (Å²) in [5, 5.41) is 31.4. The molecule has 242 valence electrons. The summed E-state index contributed by atoms with van der Waals surface area (Å²) < 4.78 is 0. The standard InChI is InChI=1S/C27H41N9O8/c28-10-2-1-4-18-24(42)34-17(5-3-11-31-27(29)30)23(41)32-14-21(38)33-20(13-22(39)40)26(44)36-19(25(43)35-18)12-15-6-8-16(37)9-7-15/h6-9,17-20,37H,1-5,10-14,28H2,(H,32,41)(H,33,38)(H,34,42)(H,35,43)(H,36,44)(H,39,40)(H4,29,30,31)/t17?,18?,19?,20-/m0/s1. The van der Waals surface area contributed by atoms with E-state index in [1.165, 1.54) is 24.3 Å². The van der Waals surface area contributed by atoms with E-state index in [4.69, 9.17) is 17.2 Å². The Morgan fingerprint density at radius 2 is 1.36 bits per heavy atom. The molecule has 0 spiro atoms. The third kappa shape index (κ3) is 12.5. The summed E-state index contributed by atoms with van der Waals surface area (Å²) in [6, 6.07) is 0.627. The van der Waals surface area contributed by atoms with Crippen LogP contribution in [0.2, 0.25) is 0 Å². The van der Waals surface area contributed by atoms with Crippen LogP contribution in [0, 0.1) is 0 Å². The summed E-state index contributed by atoms with van der Waals surface area (Å²) in [5.41, 5.74) is 16.8. The number of nitrogens with two attached hydrogens (primary N) is 3. The predicted octanol–water partition coefficient (Wildman–Crippen LogP) is -3.34. The van der Waals surface area contributed by atoms with E-state index < -0.39 is 72.6 Å². The van der Waals surface area contributed by atoms with Gasteiger partial charge in [0, 0.05) is 13.0 Å². The number of guanidine groups is 1. The van der Waals surface area contributed by atoms with Crippen LogP contribution in [-0.2, 0) is 35.2 Å². The first-order chi connectivity index (χ1) is 20.9. The fraction of sp³-hybridized carbons (Fsp3) is 0.519. The molecular formula is C27H41N9O8. The zero-order valence-electron chi connectivity index (χ0n) is 24.2. The lowest BCUT2D eigenvalue weighted by Gasteiger charge is -2.26. The van der Waals surface area contributed by atoms with Gasteiger partial charge in [-0.15, -0.1) is 0 Å². The number of phenols is 1. The topological polar surface area (TPSA) is 293 Å². The molecular weight excluding hydrogens is 578 g/mol. The molecule has 0 aliphatic carbocycles. The number of phenolic OH excluding ortho intramolecular Hbond substituents is 1. The number of carbonyl (C=O) groups is 6. The van der Waals surface area contributed by atoms with Gasteiger partial charge < -0.3 is 54.0 Å². The summed E-state index contributed by atoms with van der Waals surface area (Å²) in [5.74, 6) is -5.62. The molecule has 1 aromatic carbocycles. The molecule has 44 heavy (non-hydrogen) atoms. The maximum absolute atomic E-state index is 13.6. The number of aliphatic imine (C=N–C) groups is 1. The van der Waals surface area contributed by atoms with Gasteiger partial charge in [-0.1, -0.05) is 12.1 Å². The highest BCUT2D eigenvalue weighted by atomic mass is 16.4. The first-order valence-corrected chi connectivity index (χ1v) is 14.1. The zero-order chi connectivity index (χ0) is 32.6. The Kier molecular flexibility index (Phi) is 14.3. The second-order valence-electron chi connectivity index (χ2n) is 10.2. The van der Waals surface area contributed by atoms with E-state index >= 15 is 0 Å². The van der Waals surface area contributed by atoms with Crippen molar-refractivity contribution in [1.82, 2.24) is 26.6 Å². The third-order valence-corrected chi connectivity index (χ3v) is 6.62. The maximum Gasteiger partial charge on any atom is 0.305 e. The lowest BCUT2D eigenvalue weighted by Crippen LogP contribution is -2.58. The van der Waals surface area contributed by atoms with Crippen molar-refractivity contribution in [3.05, 3.63) is 29.8 Å². The minimum atomic E-state index is -1.59. The molecule has 17 heteroatoms. The van der Waals surface area contributed by atoms with Gasteiger partial charge in [0.1, 0.15) is 29.9 Å². The van der Waals surface area contributed by atoms with Crippen molar-refractivity contribution in [3.63, 3.8) is 0 Å². The Morgan fingerprint density at radius 3 is 1.98 bits per heavy atom. The van der Waals surface area contributed by atoms with Crippen molar-refractivity contribution in [1.29, 1.82) is 0 Å². The van der Waals surface area contributed by atoms with Gasteiger partial charge in [0.25, 0.3) is 0 Å². The number of carboxylic acid groups (broad SMARTS) is 1. The Hall–Kier alpha value is -4.93. The second kappa shape index (κ2) is 17.9. The number of rotatable bonds is 12. The molecule has 2 rings (SSSR count). The van der Waals surface area contributed by atoms with Crippen molar-refractivity contribution < 1.29 is 39.0 Å². The molecule has 1 heterocycles. The van der Waals surface area contributed by atoms with Crippen LogP contribution >= 0.6 is 0 Å². The van der Waals surface area contributed by atoms with E-state index in [9.17, 15) is 39.0 Å². The summed E-state index contributed by atoms with van der Waals surface area (Å²) in [6.07, 6.45) is 0.582. The number of aliphatic carboxylic acids is 1. The summed E-state index contributed by atoms with van der Waals surface area (Å²) in [6.45, 7) is -0.136. The molecule has 13 N–H and O–H groups in total. The highest BCUT2D eigenvalue weighted by Crippen LogP contribution is 2.13. The maximum atomic E-state index is 13.6. The molecule has 0 saturated carbocycles. The average Bonchev–Trinajstić information content (AvgIpc) is 2.96. The fourth-order valence-electron chi connectivity index (χ4n) is 4.35. The van der Waals surface area contributed by atoms with Crippen molar-refractivity contribution in [2.45, 2.75) is 69.1 Å². The Morgan fingerprint density at radius 1 is 0.795 bits per heavy atom. The molecule has 17 nitrogen and oxygen atoms in total. The summed E-state index contributed by atoms with van der Waals surface area (Å²) in [4.78, 5) is 81.2. The number of benzene rings is 1. The van der Waals surface area contributed by atoms with E-state index in [0.29, 0.717) is 24.9 Å². The number of nitrogens with zero attached hydrogens (tertiary/aromatic N) is 1. The highest BCUT2D eigenvalue weighted by Gasteiger charge is 2.33. The largest absolute Gasteiger partial charge is 0.508 e. The van der Waals surface area contributed by atoms with Gasteiger partial charge in [0.05, 0.1) is 13.0 Å². The molecule has 4 atom stereocenters. The fourth-order valence-corrected chi connectivity index (χ4v) is 4.35. The number of aromatic hydroxyl groups is 1.